The summed E-state index contributed by atoms with van der Waals surface area (Å²) in [7, 11) is 0. The van der Waals surface area contributed by atoms with Gasteiger partial charge in [-0.3, -0.25) is 4.79 Å². The van der Waals surface area contributed by atoms with Crippen LogP contribution in [0.2, 0.25) is 0 Å². The van der Waals surface area contributed by atoms with E-state index >= 15 is 0 Å². The summed E-state index contributed by atoms with van der Waals surface area (Å²) in [6.07, 6.45) is 1.69. The smallest absolute Gasteiger partial charge is 0.186 e. The molecule has 0 saturated heterocycles. The average molecular weight is 301 g/mol. The van der Waals surface area contributed by atoms with Gasteiger partial charge >= 0.3 is 0 Å². The lowest BCUT2D eigenvalue weighted by atomic mass is 10.0. The van der Waals surface area contributed by atoms with Crippen LogP contribution in [-0.4, -0.2) is 11.1 Å². The minimum atomic E-state index is 0.0360. The Morgan fingerprint density at radius 3 is 1.89 bits per heavy atom. The molecule has 0 aliphatic heterocycles. The molecule has 0 atom stereocenters. The van der Waals surface area contributed by atoms with Crippen LogP contribution in [0.5, 0.6) is 0 Å². The number of carbonyl (C=O) groups excluding carboxylic acids is 1. The predicted octanol–water partition coefficient (Wildman–Crippen LogP) is 4.35. The summed E-state index contributed by atoms with van der Waals surface area (Å²) in [6, 6.07) is 19.2. The molecule has 0 heterocycles. The second-order valence-corrected chi connectivity index (χ2v) is 4.46. The van der Waals surface area contributed by atoms with E-state index in [4.69, 9.17) is 0 Å². The van der Waals surface area contributed by atoms with Gasteiger partial charge in [-0.2, -0.15) is 0 Å². The number of allylic oxidation sites excluding steroid dienone is 2. The molecule has 0 aliphatic carbocycles. The van der Waals surface area contributed by atoms with Gasteiger partial charge < -0.3 is 0 Å². The Morgan fingerprint density at radius 2 is 1.39 bits per heavy atom. The van der Waals surface area contributed by atoms with Gasteiger partial charge in [0.05, 0.1) is 0 Å². The molecule has 1 nitrogen and oxygen atoms in total. The Labute approximate surface area is 115 Å². The Kier molecular flexibility index (Phi) is 4.48. The third-order valence-electron chi connectivity index (χ3n) is 2.65. The molecule has 2 rings (SSSR count). The van der Waals surface area contributed by atoms with Crippen molar-refractivity contribution in [2.24, 2.45) is 0 Å². The zero-order chi connectivity index (χ0) is 12.8. The lowest BCUT2D eigenvalue weighted by Crippen LogP contribution is -1.97. The molecule has 0 saturated carbocycles. The number of alkyl halides is 1. The highest BCUT2D eigenvalue weighted by Gasteiger charge is 2.05. The van der Waals surface area contributed by atoms with Gasteiger partial charge in [-0.15, -0.1) is 0 Å². The Hall–Kier alpha value is -1.67. The number of ketones is 1. The van der Waals surface area contributed by atoms with Gasteiger partial charge in [0, 0.05) is 10.9 Å². The molecule has 0 fully saturated rings. The quantitative estimate of drug-likeness (QED) is 0.466. The standard InChI is InChI=1S/C16H13BrO/c17-12-15(13-7-3-1-4-8-13)11-16(18)14-9-5-2-6-10-14/h1-11H,12H2/b15-11-. The largest absolute Gasteiger partial charge is 0.289 e. The van der Waals surface area contributed by atoms with Crippen LogP contribution in [0.15, 0.2) is 66.7 Å². The van der Waals surface area contributed by atoms with Gasteiger partial charge in [-0.1, -0.05) is 76.6 Å². The van der Waals surface area contributed by atoms with Gasteiger partial charge in [0.1, 0.15) is 0 Å². The molecule has 2 aromatic rings. The van der Waals surface area contributed by atoms with E-state index in [1.165, 1.54) is 0 Å². The van der Waals surface area contributed by atoms with Crippen molar-refractivity contribution in [1.29, 1.82) is 0 Å². The van der Waals surface area contributed by atoms with Crippen molar-refractivity contribution in [2.45, 2.75) is 0 Å². The van der Waals surface area contributed by atoms with Crippen LogP contribution >= 0.6 is 15.9 Å². The molecule has 18 heavy (non-hydrogen) atoms. The molecule has 0 N–H and O–H groups in total. The van der Waals surface area contributed by atoms with E-state index in [-0.39, 0.29) is 5.78 Å². The molecule has 0 spiro atoms. The predicted molar refractivity (Wildman–Crippen MR) is 79.0 cm³/mol. The summed E-state index contributed by atoms with van der Waals surface area (Å²) in [4.78, 5) is 12.1. The zero-order valence-electron chi connectivity index (χ0n) is 9.84. The van der Waals surface area contributed by atoms with E-state index in [0.29, 0.717) is 10.9 Å². The summed E-state index contributed by atoms with van der Waals surface area (Å²) in [5, 5.41) is 0.662. The summed E-state index contributed by atoms with van der Waals surface area (Å²) in [5.74, 6) is 0.0360. The number of hydrogen-bond acceptors (Lipinski definition) is 1. The molecule has 0 unspecified atom stereocenters. The van der Waals surface area contributed by atoms with Crippen molar-refractivity contribution < 1.29 is 4.79 Å². The van der Waals surface area contributed by atoms with Crippen molar-refractivity contribution in [2.75, 3.05) is 5.33 Å². The highest BCUT2D eigenvalue weighted by Crippen LogP contribution is 2.17. The fraction of sp³-hybridized carbons (Fsp3) is 0.0625. The normalized spacial score (nSPS) is 11.3. The third-order valence-corrected chi connectivity index (χ3v) is 3.26. The van der Waals surface area contributed by atoms with Crippen LogP contribution in [0.25, 0.3) is 5.57 Å². The Morgan fingerprint density at radius 1 is 0.889 bits per heavy atom. The molecule has 0 aromatic heterocycles. The first kappa shape index (κ1) is 12.8. The maximum absolute atomic E-state index is 12.1. The van der Waals surface area contributed by atoms with Crippen molar-refractivity contribution in [3.63, 3.8) is 0 Å². The van der Waals surface area contributed by atoms with Crippen LogP contribution in [-0.2, 0) is 0 Å². The second-order valence-electron chi connectivity index (χ2n) is 3.90. The van der Waals surface area contributed by atoms with E-state index in [1.807, 2.05) is 60.7 Å². The van der Waals surface area contributed by atoms with Gasteiger partial charge in [-0.25, -0.2) is 0 Å². The number of hydrogen-bond donors (Lipinski definition) is 0. The Balaban J connectivity index is 2.29. The number of carbonyl (C=O) groups is 1. The first-order valence-corrected chi connectivity index (χ1v) is 6.85. The maximum Gasteiger partial charge on any atom is 0.186 e. The van der Waals surface area contributed by atoms with Crippen LogP contribution in [0.3, 0.4) is 0 Å². The summed E-state index contributed by atoms with van der Waals surface area (Å²) < 4.78 is 0. The molecule has 90 valence electrons. The average Bonchev–Trinajstić information content (AvgIpc) is 2.46. The van der Waals surface area contributed by atoms with Gasteiger partial charge in [0.15, 0.2) is 5.78 Å². The Bertz CT molecular complexity index is 544. The van der Waals surface area contributed by atoms with Gasteiger partial charge in [-0.05, 0) is 17.2 Å². The molecule has 0 aliphatic rings. The summed E-state index contributed by atoms with van der Waals surface area (Å²) >= 11 is 3.43. The molecular formula is C16H13BrO. The van der Waals surface area contributed by atoms with Crippen LogP contribution in [0.1, 0.15) is 15.9 Å². The molecule has 2 heteroatoms. The van der Waals surface area contributed by atoms with E-state index in [1.54, 1.807) is 6.08 Å². The fourth-order valence-corrected chi connectivity index (χ4v) is 2.18. The molecule has 2 aromatic carbocycles. The maximum atomic E-state index is 12.1. The minimum absolute atomic E-state index is 0.0360. The third kappa shape index (κ3) is 3.17. The number of halogens is 1. The summed E-state index contributed by atoms with van der Waals surface area (Å²) in [6.45, 7) is 0. The van der Waals surface area contributed by atoms with Crippen molar-refractivity contribution >= 4 is 27.3 Å². The lowest BCUT2D eigenvalue weighted by molar-refractivity contribution is 0.104. The number of benzene rings is 2. The highest BCUT2D eigenvalue weighted by molar-refractivity contribution is 9.09. The SMILES string of the molecule is O=C(/C=C(/CBr)c1ccccc1)c1ccccc1. The molecule has 0 radical (unpaired) electrons. The summed E-state index contributed by atoms with van der Waals surface area (Å²) in [5.41, 5.74) is 2.77. The van der Waals surface area contributed by atoms with Crippen molar-refractivity contribution in [3.05, 3.63) is 77.9 Å². The van der Waals surface area contributed by atoms with Crippen LogP contribution < -0.4 is 0 Å². The van der Waals surface area contributed by atoms with Crippen LogP contribution in [0.4, 0.5) is 0 Å². The monoisotopic (exact) mass is 300 g/mol. The lowest BCUT2D eigenvalue weighted by Gasteiger charge is -2.03. The molecular weight excluding hydrogens is 288 g/mol. The first-order chi connectivity index (χ1) is 8.81. The van der Waals surface area contributed by atoms with E-state index in [2.05, 4.69) is 15.9 Å². The molecule has 0 amide bonds. The van der Waals surface area contributed by atoms with E-state index in [9.17, 15) is 4.79 Å². The van der Waals surface area contributed by atoms with Crippen molar-refractivity contribution in [1.82, 2.24) is 0 Å². The highest BCUT2D eigenvalue weighted by atomic mass is 79.9. The van der Waals surface area contributed by atoms with Gasteiger partial charge in [0.2, 0.25) is 0 Å². The van der Waals surface area contributed by atoms with Gasteiger partial charge in [0.25, 0.3) is 0 Å². The molecule has 0 bridgehead atoms. The second kappa shape index (κ2) is 6.31. The van der Waals surface area contributed by atoms with Crippen LogP contribution in [0, 0.1) is 0 Å². The van der Waals surface area contributed by atoms with E-state index < -0.39 is 0 Å². The minimum Gasteiger partial charge on any atom is -0.289 e. The number of rotatable bonds is 4. The zero-order valence-corrected chi connectivity index (χ0v) is 11.4. The fourth-order valence-electron chi connectivity index (χ4n) is 1.70. The van der Waals surface area contributed by atoms with E-state index in [0.717, 1.165) is 11.1 Å². The van der Waals surface area contributed by atoms with Crippen molar-refractivity contribution in [3.8, 4) is 0 Å². The topological polar surface area (TPSA) is 17.1 Å². The first-order valence-electron chi connectivity index (χ1n) is 5.72.